The highest BCUT2D eigenvalue weighted by Crippen LogP contribution is 2.18. The molecule has 1 aromatic heterocycles. The van der Waals surface area contributed by atoms with Crippen molar-refractivity contribution in [3.63, 3.8) is 0 Å². The second kappa shape index (κ2) is 5.42. The molecule has 2 rings (SSSR count). The summed E-state index contributed by atoms with van der Waals surface area (Å²) in [5.74, 6) is -1.20. The molecule has 0 bridgehead atoms. The summed E-state index contributed by atoms with van der Waals surface area (Å²) in [6, 6.07) is 6.35. The molecule has 0 aliphatic carbocycles. The molecule has 2 aromatic rings. The normalized spacial score (nSPS) is 12.4. The first-order valence-electron chi connectivity index (χ1n) is 5.37. The van der Waals surface area contributed by atoms with Crippen LogP contribution in [0.5, 0.6) is 0 Å². The predicted molar refractivity (Wildman–Crippen MR) is 66.2 cm³/mol. The van der Waals surface area contributed by atoms with Gasteiger partial charge in [0.2, 0.25) is 0 Å². The van der Waals surface area contributed by atoms with Gasteiger partial charge in [0, 0.05) is 12.3 Å². The monoisotopic (exact) mass is 268 g/mol. The zero-order valence-electron chi connectivity index (χ0n) is 9.41. The number of halogens is 3. The number of hydrogen-bond donors (Lipinski definition) is 1. The Bertz CT molecular complexity index is 543. The Morgan fingerprint density at radius 1 is 1.22 bits per heavy atom. The van der Waals surface area contributed by atoms with Crippen LogP contribution in [-0.2, 0) is 6.42 Å². The molecule has 1 atom stereocenters. The first-order chi connectivity index (χ1) is 8.56. The molecule has 1 aromatic carbocycles. The van der Waals surface area contributed by atoms with Crippen molar-refractivity contribution < 1.29 is 8.78 Å². The lowest BCUT2D eigenvalue weighted by Gasteiger charge is -2.11. The van der Waals surface area contributed by atoms with Crippen molar-refractivity contribution in [3.05, 3.63) is 64.4 Å². The minimum atomic E-state index is -0.602. The van der Waals surface area contributed by atoms with Crippen LogP contribution in [0.4, 0.5) is 8.78 Å². The van der Waals surface area contributed by atoms with E-state index in [-0.39, 0.29) is 6.42 Å². The maximum Gasteiger partial charge on any atom is 0.129 e. The summed E-state index contributed by atoms with van der Waals surface area (Å²) in [4.78, 5) is 4.07. The molecule has 1 unspecified atom stereocenters. The molecule has 18 heavy (non-hydrogen) atoms. The van der Waals surface area contributed by atoms with E-state index in [2.05, 4.69) is 4.98 Å². The fourth-order valence-corrected chi connectivity index (χ4v) is 1.75. The summed E-state index contributed by atoms with van der Waals surface area (Å²) in [7, 11) is 0. The van der Waals surface area contributed by atoms with Crippen molar-refractivity contribution in [2.75, 3.05) is 0 Å². The molecule has 1 heterocycles. The van der Waals surface area contributed by atoms with E-state index in [1.165, 1.54) is 18.3 Å². The van der Waals surface area contributed by atoms with E-state index in [0.29, 0.717) is 16.3 Å². The first kappa shape index (κ1) is 12.9. The lowest BCUT2D eigenvalue weighted by molar-refractivity contribution is 0.561. The van der Waals surface area contributed by atoms with E-state index >= 15 is 0 Å². The van der Waals surface area contributed by atoms with E-state index in [0.717, 1.165) is 6.07 Å². The van der Waals surface area contributed by atoms with Crippen LogP contribution in [0.25, 0.3) is 0 Å². The Labute approximate surface area is 108 Å². The molecule has 94 valence electrons. The quantitative estimate of drug-likeness (QED) is 0.928. The van der Waals surface area contributed by atoms with Crippen molar-refractivity contribution in [3.8, 4) is 0 Å². The fraction of sp³-hybridized carbons (Fsp3) is 0.154. The highest BCUT2D eigenvalue weighted by atomic mass is 35.5. The van der Waals surface area contributed by atoms with E-state index in [9.17, 15) is 8.78 Å². The van der Waals surface area contributed by atoms with Gasteiger partial charge in [0.1, 0.15) is 11.6 Å². The summed E-state index contributed by atoms with van der Waals surface area (Å²) in [6.07, 6.45) is 1.73. The van der Waals surface area contributed by atoms with Gasteiger partial charge >= 0.3 is 0 Å². The van der Waals surface area contributed by atoms with Gasteiger partial charge < -0.3 is 5.73 Å². The van der Waals surface area contributed by atoms with E-state index < -0.39 is 17.7 Å². The molecule has 0 aliphatic heterocycles. The Kier molecular flexibility index (Phi) is 3.89. The smallest absolute Gasteiger partial charge is 0.129 e. The molecule has 2 N–H and O–H groups in total. The lowest BCUT2D eigenvalue weighted by atomic mass is 10.0. The Balaban J connectivity index is 2.15. The highest BCUT2D eigenvalue weighted by Gasteiger charge is 2.12. The third-order valence-corrected chi connectivity index (χ3v) is 2.81. The number of benzene rings is 1. The van der Waals surface area contributed by atoms with Gasteiger partial charge in [0.25, 0.3) is 0 Å². The van der Waals surface area contributed by atoms with Gasteiger partial charge in [0.05, 0.1) is 16.8 Å². The van der Waals surface area contributed by atoms with Crippen LogP contribution >= 0.6 is 11.6 Å². The number of rotatable bonds is 3. The lowest BCUT2D eigenvalue weighted by Crippen LogP contribution is -2.15. The second-order valence-electron chi connectivity index (χ2n) is 3.95. The average Bonchev–Trinajstić information content (AvgIpc) is 2.33. The Hall–Kier alpha value is -1.52. The van der Waals surface area contributed by atoms with Gasteiger partial charge in [-0.2, -0.15) is 0 Å². The minimum Gasteiger partial charge on any atom is -0.322 e. The highest BCUT2D eigenvalue weighted by molar-refractivity contribution is 6.30. The van der Waals surface area contributed by atoms with Crippen LogP contribution < -0.4 is 5.73 Å². The molecule has 0 saturated heterocycles. The van der Waals surface area contributed by atoms with Crippen molar-refractivity contribution in [1.29, 1.82) is 0 Å². The molecule has 0 aliphatic rings. The third-order valence-electron chi connectivity index (χ3n) is 2.59. The van der Waals surface area contributed by atoms with Gasteiger partial charge in [-0.25, -0.2) is 8.78 Å². The standard InChI is InChI=1S/C13H11ClF2N2/c14-9-2-4-13(18-7-9)12(17)5-8-1-3-10(15)6-11(8)16/h1-4,6-7,12H,5,17H2. The van der Waals surface area contributed by atoms with Crippen LogP contribution in [0.3, 0.4) is 0 Å². The Morgan fingerprint density at radius 3 is 2.61 bits per heavy atom. The van der Waals surface area contributed by atoms with Crippen molar-refractivity contribution in [2.45, 2.75) is 12.5 Å². The Morgan fingerprint density at radius 2 is 2.00 bits per heavy atom. The largest absolute Gasteiger partial charge is 0.322 e. The summed E-state index contributed by atoms with van der Waals surface area (Å²) >= 11 is 5.71. The number of hydrogen-bond acceptors (Lipinski definition) is 2. The third kappa shape index (κ3) is 3.03. The summed E-state index contributed by atoms with van der Waals surface area (Å²) < 4.78 is 26.2. The van der Waals surface area contributed by atoms with Crippen LogP contribution in [0.15, 0.2) is 36.5 Å². The van der Waals surface area contributed by atoms with Gasteiger partial charge in [-0.1, -0.05) is 17.7 Å². The summed E-state index contributed by atoms with van der Waals surface area (Å²) in [5, 5.41) is 0.513. The number of nitrogens with zero attached hydrogens (tertiary/aromatic N) is 1. The van der Waals surface area contributed by atoms with E-state index in [4.69, 9.17) is 17.3 Å². The molecular formula is C13H11ClF2N2. The van der Waals surface area contributed by atoms with Crippen LogP contribution in [0, 0.1) is 11.6 Å². The second-order valence-corrected chi connectivity index (χ2v) is 4.38. The van der Waals surface area contributed by atoms with E-state index in [1.807, 2.05) is 0 Å². The summed E-state index contributed by atoms with van der Waals surface area (Å²) in [5.41, 5.74) is 6.89. The minimum absolute atomic E-state index is 0.251. The number of nitrogens with two attached hydrogens (primary N) is 1. The maximum absolute atomic E-state index is 13.5. The van der Waals surface area contributed by atoms with Crippen molar-refractivity contribution in [2.24, 2.45) is 5.73 Å². The van der Waals surface area contributed by atoms with Crippen LogP contribution in [0.2, 0.25) is 5.02 Å². The molecule has 0 spiro atoms. The van der Waals surface area contributed by atoms with Gasteiger partial charge in [0.15, 0.2) is 0 Å². The molecule has 2 nitrogen and oxygen atoms in total. The van der Waals surface area contributed by atoms with Gasteiger partial charge in [-0.15, -0.1) is 0 Å². The average molecular weight is 269 g/mol. The molecule has 0 radical (unpaired) electrons. The maximum atomic E-state index is 13.5. The van der Waals surface area contributed by atoms with E-state index in [1.54, 1.807) is 12.1 Å². The van der Waals surface area contributed by atoms with Crippen molar-refractivity contribution in [1.82, 2.24) is 4.98 Å². The van der Waals surface area contributed by atoms with Crippen molar-refractivity contribution >= 4 is 11.6 Å². The van der Waals surface area contributed by atoms with Crippen LogP contribution in [-0.4, -0.2) is 4.98 Å². The SMILES string of the molecule is NC(Cc1ccc(F)cc1F)c1ccc(Cl)cn1. The molecule has 5 heteroatoms. The van der Waals surface area contributed by atoms with Gasteiger partial charge in [-0.3, -0.25) is 4.98 Å². The van der Waals surface area contributed by atoms with Crippen LogP contribution in [0.1, 0.15) is 17.3 Å². The zero-order chi connectivity index (χ0) is 13.1. The zero-order valence-corrected chi connectivity index (χ0v) is 10.2. The topological polar surface area (TPSA) is 38.9 Å². The summed E-state index contributed by atoms with van der Waals surface area (Å²) in [6.45, 7) is 0. The van der Waals surface area contributed by atoms with Gasteiger partial charge in [-0.05, 0) is 30.2 Å². The molecule has 0 saturated carbocycles. The number of pyridine rings is 1. The molecule has 0 fully saturated rings. The first-order valence-corrected chi connectivity index (χ1v) is 5.75. The fourth-order valence-electron chi connectivity index (χ4n) is 1.64. The molecular weight excluding hydrogens is 258 g/mol. The number of aromatic nitrogens is 1. The molecule has 0 amide bonds. The predicted octanol–water partition coefficient (Wildman–Crippen LogP) is 3.26.